The average Bonchev–Trinajstić information content (AvgIpc) is 2.68. The van der Waals surface area contributed by atoms with Crippen LogP contribution in [0.4, 0.5) is 0 Å². The van der Waals surface area contributed by atoms with Gasteiger partial charge in [-0.05, 0) is 32.9 Å². The molecule has 2 heterocycles. The number of aromatic nitrogens is 1. The highest BCUT2D eigenvalue weighted by atomic mass is 32.1. The van der Waals surface area contributed by atoms with E-state index in [0.717, 1.165) is 19.6 Å². The Hall–Kier alpha value is -0.610. The third kappa shape index (κ3) is 2.07. The highest BCUT2D eigenvalue weighted by Crippen LogP contribution is 2.16. The Kier molecular flexibility index (Phi) is 3.37. The van der Waals surface area contributed by atoms with E-state index in [1.165, 1.54) is 17.6 Å². The number of hydrogen-bond acceptors (Lipinski definition) is 3. The Morgan fingerprint density at radius 1 is 1.57 bits per heavy atom. The molecule has 1 fully saturated rings. The van der Waals surface area contributed by atoms with E-state index >= 15 is 0 Å². The van der Waals surface area contributed by atoms with E-state index in [0.29, 0.717) is 6.04 Å². The molecule has 0 spiro atoms. The van der Waals surface area contributed by atoms with Crippen molar-refractivity contribution >= 4 is 11.3 Å². The molecule has 1 aliphatic heterocycles. The molecule has 78 valence electrons. The Balaban J connectivity index is 2.21. The number of piperidine rings is 1. The molecule has 1 N–H and O–H groups in total. The first-order valence-corrected chi connectivity index (χ1v) is 6.16. The summed E-state index contributed by atoms with van der Waals surface area (Å²) in [5.41, 5.74) is 0. The lowest BCUT2D eigenvalue weighted by molar-refractivity contribution is 0.362. The van der Waals surface area contributed by atoms with Crippen LogP contribution >= 0.6 is 11.3 Å². The van der Waals surface area contributed by atoms with Crippen molar-refractivity contribution in [1.82, 2.24) is 9.88 Å². The van der Waals surface area contributed by atoms with E-state index in [1.54, 1.807) is 11.3 Å². The normalized spacial score (nSPS) is 20.2. The fourth-order valence-corrected chi connectivity index (χ4v) is 2.75. The Labute approximate surface area is 88.5 Å². The zero-order valence-electron chi connectivity index (χ0n) is 8.57. The molecule has 2 rings (SSSR count). The van der Waals surface area contributed by atoms with Crippen molar-refractivity contribution in [1.29, 1.82) is 0 Å². The minimum Gasteiger partial charge on any atom is -0.321 e. The summed E-state index contributed by atoms with van der Waals surface area (Å²) in [5.74, 6) is 0. The molecule has 3 nitrogen and oxygen atoms in total. The maximum absolute atomic E-state index is 4.50. The van der Waals surface area contributed by atoms with Crippen molar-refractivity contribution in [3.8, 4) is 0 Å². The van der Waals surface area contributed by atoms with Gasteiger partial charge in [0, 0.05) is 24.2 Å². The first-order valence-electron chi connectivity index (χ1n) is 5.28. The van der Waals surface area contributed by atoms with Gasteiger partial charge in [0.25, 0.3) is 0 Å². The van der Waals surface area contributed by atoms with E-state index < -0.39 is 0 Å². The highest BCUT2D eigenvalue weighted by molar-refractivity contribution is 7.07. The van der Waals surface area contributed by atoms with Crippen molar-refractivity contribution in [2.45, 2.75) is 25.8 Å². The van der Waals surface area contributed by atoms with Crippen LogP contribution in [0.5, 0.6) is 0 Å². The second-order valence-electron chi connectivity index (χ2n) is 3.55. The quantitative estimate of drug-likeness (QED) is 0.787. The number of nitrogens with zero attached hydrogens (tertiary/aromatic N) is 2. The molecule has 0 saturated carbocycles. The number of nitrogens with one attached hydrogen (secondary N) is 1. The summed E-state index contributed by atoms with van der Waals surface area (Å²) in [6.07, 6.45) is 4.64. The minimum atomic E-state index is 0.660. The maximum Gasteiger partial charge on any atom is 0.184 e. The summed E-state index contributed by atoms with van der Waals surface area (Å²) >= 11 is 1.74. The molecular formula is C10H17N3S. The van der Waals surface area contributed by atoms with Crippen LogP contribution in [0.15, 0.2) is 16.6 Å². The van der Waals surface area contributed by atoms with E-state index in [9.17, 15) is 0 Å². The zero-order chi connectivity index (χ0) is 9.80. The highest BCUT2D eigenvalue weighted by Gasteiger charge is 2.14. The van der Waals surface area contributed by atoms with Crippen LogP contribution in [-0.4, -0.2) is 24.2 Å². The molecule has 0 atom stereocenters. The van der Waals surface area contributed by atoms with Gasteiger partial charge in [0.2, 0.25) is 0 Å². The smallest absolute Gasteiger partial charge is 0.184 e. The Morgan fingerprint density at radius 3 is 3.07 bits per heavy atom. The number of hydrogen-bond donors (Lipinski definition) is 1. The van der Waals surface area contributed by atoms with Crippen LogP contribution in [0, 0.1) is 0 Å². The molecular weight excluding hydrogens is 194 g/mol. The SMILES string of the molecule is CCN=c1sccn1C1CCNCC1. The van der Waals surface area contributed by atoms with Gasteiger partial charge in [-0.1, -0.05) is 0 Å². The van der Waals surface area contributed by atoms with Gasteiger partial charge in [0.05, 0.1) is 0 Å². The first-order chi connectivity index (χ1) is 6.92. The largest absolute Gasteiger partial charge is 0.321 e. The maximum atomic E-state index is 4.50. The summed E-state index contributed by atoms with van der Waals surface area (Å²) in [4.78, 5) is 5.68. The standard InChI is InChI=1S/C10H17N3S/c1-2-12-10-13(7-8-14-10)9-3-5-11-6-4-9/h7-9,11H,2-6H2,1H3. The summed E-state index contributed by atoms with van der Waals surface area (Å²) in [5, 5.41) is 5.52. The van der Waals surface area contributed by atoms with Gasteiger partial charge < -0.3 is 9.88 Å². The molecule has 1 saturated heterocycles. The second-order valence-corrected chi connectivity index (χ2v) is 4.42. The van der Waals surface area contributed by atoms with Crippen LogP contribution in [0.3, 0.4) is 0 Å². The van der Waals surface area contributed by atoms with Crippen molar-refractivity contribution in [3.63, 3.8) is 0 Å². The van der Waals surface area contributed by atoms with Gasteiger partial charge in [-0.25, -0.2) is 0 Å². The lowest BCUT2D eigenvalue weighted by atomic mass is 10.1. The van der Waals surface area contributed by atoms with Crippen LogP contribution in [-0.2, 0) is 0 Å². The molecule has 4 heteroatoms. The third-order valence-electron chi connectivity index (χ3n) is 2.61. The molecule has 0 amide bonds. The first kappa shape index (κ1) is 9.93. The molecule has 0 aromatic carbocycles. The van der Waals surface area contributed by atoms with Crippen LogP contribution in [0.25, 0.3) is 0 Å². The summed E-state index contributed by atoms with van der Waals surface area (Å²) in [6.45, 7) is 5.25. The van der Waals surface area contributed by atoms with Crippen molar-refractivity contribution in [2.24, 2.45) is 4.99 Å². The van der Waals surface area contributed by atoms with Gasteiger partial charge in [-0.15, -0.1) is 11.3 Å². The molecule has 1 aromatic rings. The van der Waals surface area contributed by atoms with Gasteiger partial charge in [0.15, 0.2) is 4.80 Å². The van der Waals surface area contributed by atoms with Crippen LogP contribution < -0.4 is 10.1 Å². The predicted octanol–water partition coefficient (Wildman–Crippen LogP) is 1.39. The molecule has 0 unspecified atom stereocenters. The molecule has 1 aliphatic rings. The number of rotatable bonds is 2. The van der Waals surface area contributed by atoms with Gasteiger partial charge in [0.1, 0.15) is 0 Å². The molecule has 1 aromatic heterocycles. The van der Waals surface area contributed by atoms with Crippen molar-refractivity contribution in [2.75, 3.05) is 19.6 Å². The van der Waals surface area contributed by atoms with Gasteiger partial charge in [-0.2, -0.15) is 0 Å². The van der Waals surface area contributed by atoms with Crippen molar-refractivity contribution < 1.29 is 0 Å². The molecule has 0 aliphatic carbocycles. The summed E-state index contributed by atoms with van der Waals surface area (Å²) < 4.78 is 2.34. The van der Waals surface area contributed by atoms with Gasteiger partial charge in [-0.3, -0.25) is 4.99 Å². The zero-order valence-corrected chi connectivity index (χ0v) is 9.39. The van der Waals surface area contributed by atoms with Crippen molar-refractivity contribution in [3.05, 3.63) is 16.4 Å². The topological polar surface area (TPSA) is 29.3 Å². The van der Waals surface area contributed by atoms with E-state index in [-0.39, 0.29) is 0 Å². The number of thiazole rings is 1. The summed E-state index contributed by atoms with van der Waals surface area (Å²) in [6, 6.07) is 0.660. The average molecular weight is 211 g/mol. The fraction of sp³-hybridized carbons (Fsp3) is 0.700. The van der Waals surface area contributed by atoms with Crippen LogP contribution in [0.2, 0.25) is 0 Å². The summed E-state index contributed by atoms with van der Waals surface area (Å²) in [7, 11) is 0. The van der Waals surface area contributed by atoms with E-state index in [1.807, 2.05) is 0 Å². The third-order valence-corrected chi connectivity index (χ3v) is 3.42. The Bertz CT molecular complexity index is 333. The molecule has 14 heavy (non-hydrogen) atoms. The lowest BCUT2D eigenvalue weighted by Gasteiger charge is -2.23. The molecule has 0 bridgehead atoms. The lowest BCUT2D eigenvalue weighted by Crippen LogP contribution is -2.32. The monoisotopic (exact) mass is 211 g/mol. The fourth-order valence-electron chi connectivity index (χ4n) is 1.90. The van der Waals surface area contributed by atoms with E-state index in [2.05, 4.69) is 33.4 Å². The molecule has 0 radical (unpaired) electrons. The Morgan fingerprint density at radius 2 is 2.36 bits per heavy atom. The minimum absolute atomic E-state index is 0.660. The second kappa shape index (κ2) is 4.75. The predicted molar refractivity (Wildman–Crippen MR) is 59.6 cm³/mol. The van der Waals surface area contributed by atoms with E-state index in [4.69, 9.17) is 0 Å². The van der Waals surface area contributed by atoms with Crippen LogP contribution in [0.1, 0.15) is 25.8 Å². The van der Waals surface area contributed by atoms with Gasteiger partial charge >= 0.3 is 0 Å².